The number of H-pyrrole nitrogens is 1. The number of carbonyl (C=O) groups excluding carboxylic acids is 1. The Kier molecular flexibility index (Phi) is 2.52. The Labute approximate surface area is 108 Å². The minimum absolute atomic E-state index is 0.210. The van der Waals surface area contributed by atoms with Crippen molar-refractivity contribution in [3.8, 4) is 0 Å². The topological polar surface area (TPSA) is 96.7 Å². The standard InChI is InChI=1S/C12H11N5O2/c1-6-10(19-7(2)16-6)12(18)17-8-3-4-13-11-9(8)14-5-15-11/h3-5H,1-2H3,(H2,13,14,15,17,18). The van der Waals surface area contributed by atoms with Gasteiger partial charge in [-0.2, -0.15) is 0 Å². The number of oxazole rings is 1. The first-order chi connectivity index (χ1) is 9.15. The molecule has 0 saturated carbocycles. The van der Waals surface area contributed by atoms with E-state index >= 15 is 0 Å². The largest absolute Gasteiger partial charge is 0.436 e. The summed E-state index contributed by atoms with van der Waals surface area (Å²) in [5.41, 5.74) is 2.37. The minimum atomic E-state index is -0.347. The smallest absolute Gasteiger partial charge is 0.293 e. The molecule has 0 aromatic carbocycles. The maximum Gasteiger partial charge on any atom is 0.293 e. The summed E-state index contributed by atoms with van der Waals surface area (Å²) in [5, 5.41) is 2.76. The van der Waals surface area contributed by atoms with Crippen LogP contribution in [0.3, 0.4) is 0 Å². The molecule has 2 N–H and O–H groups in total. The highest BCUT2D eigenvalue weighted by Crippen LogP contribution is 2.19. The Bertz CT molecular complexity index is 758. The lowest BCUT2D eigenvalue weighted by Crippen LogP contribution is -2.12. The van der Waals surface area contributed by atoms with E-state index < -0.39 is 0 Å². The number of amides is 1. The van der Waals surface area contributed by atoms with E-state index in [1.165, 1.54) is 6.33 Å². The first kappa shape index (κ1) is 11.4. The Morgan fingerprint density at radius 2 is 2.21 bits per heavy atom. The van der Waals surface area contributed by atoms with Gasteiger partial charge in [-0.3, -0.25) is 4.79 Å². The quantitative estimate of drug-likeness (QED) is 0.729. The van der Waals surface area contributed by atoms with Crippen LogP contribution in [0, 0.1) is 13.8 Å². The number of fused-ring (bicyclic) bond motifs is 1. The zero-order valence-corrected chi connectivity index (χ0v) is 10.4. The van der Waals surface area contributed by atoms with Crippen molar-refractivity contribution < 1.29 is 9.21 Å². The van der Waals surface area contributed by atoms with Crippen molar-refractivity contribution >= 4 is 22.8 Å². The Balaban J connectivity index is 1.95. The zero-order chi connectivity index (χ0) is 13.4. The average Bonchev–Trinajstić information content (AvgIpc) is 2.96. The summed E-state index contributed by atoms with van der Waals surface area (Å²) in [5.74, 6) is 0.325. The molecule has 0 saturated heterocycles. The number of aromatic amines is 1. The van der Waals surface area contributed by atoms with Gasteiger partial charge in [0, 0.05) is 13.1 Å². The fourth-order valence-electron chi connectivity index (χ4n) is 1.87. The molecule has 0 aliphatic rings. The van der Waals surface area contributed by atoms with Crippen molar-refractivity contribution in [2.24, 2.45) is 0 Å². The van der Waals surface area contributed by atoms with Crippen molar-refractivity contribution in [3.63, 3.8) is 0 Å². The van der Waals surface area contributed by atoms with Gasteiger partial charge in [0.05, 0.1) is 17.7 Å². The molecule has 19 heavy (non-hydrogen) atoms. The summed E-state index contributed by atoms with van der Waals surface area (Å²) in [7, 11) is 0. The molecule has 3 heterocycles. The van der Waals surface area contributed by atoms with Gasteiger partial charge in [0.15, 0.2) is 11.5 Å². The number of hydrogen-bond acceptors (Lipinski definition) is 5. The summed E-state index contributed by atoms with van der Waals surface area (Å²) < 4.78 is 5.28. The predicted molar refractivity (Wildman–Crippen MR) is 67.8 cm³/mol. The van der Waals surface area contributed by atoms with Crippen molar-refractivity contribution in [1.29, 1.82) is 0 Å². The Hall–Kier alpha value is -2.70. The number of nitrogens with zero attached hydrogens (tertiary/aromatic N) is 3. The summed E-state index contributed by atoms with van der Waals surface area (Å²) in [6, 6.07) is 1.69. The molecule has 0 aliphatic heterocycles. The Morgan fingerprint density at radius 3 is 2.95 bits per heavy atom. The second kappa shape index (κ2) is 4.20. The van der Waals surface area contributed by atoms with Gasteiger partial charge in [0.2, 0.25) is 5.76 Å². The molecule has 0 spiro atoms. The van der Waals surface area contributed by atoms with Gasteiger partial charge in [-0.1, -0.05) is 0 Å². The van der Waals surface area contributed by atoms with Crippen LogP contribution in [-0.2, 0) is 0 Å². The van der Waals surface area contributed by atoms with Crippen LogP contribution in [0.5, 0.6) is 0 Å². The number of pyridine rings is 1. The van der Waals surface area contributed by atoms with Gasteiger partial charge in [-0.25, -0.2) is 15.0 Å². The second-order valence-electron chi connectivity index (χ2n) is 4.06. The van der Waals surface area contributed by atoms with Gasteiger partial charge in [-0.15, -0.1) is 0 Å². The summed E-state index contributed by atoms with van der Waals surface area (Å²) in [6.45, 7) is 3.42. The molecule has 3 rings (SSSR count). The van der Waals surface area contributed by atoms with Gasteiger partial charge in [-0.05, 0) is 13.0 Å². The number of anilines is 1. The number of aryl methyl sites for hydroxylation is 2. The molecule has 0 atom stereocenters. The fraction of sp³-hybridized carbons (Fsp3) is 0.167. The van der Waals surface area contributed by atoms with Crippen molar-refractivity contribution in [2.75, 3.05) is 5.32 Å². The van der Waals surface area contributed by atoms with E-state index in [2.05, 4.69) is 25.3 Å². The van der Waals surface area contributed by atoms with Gasteiger partial charge >= 0.3 is 0 Å². The molecule has 0 unspecified atom stereocenters. The van der Waals surface area contributed by atoms with Crippen LogP contribution in [0.2, 0.25) is 0 Å². The number of hydrogen-bond donors (Lipinski definition) is 2. The van der Waals surface area contributed by atoms with Gasteiger partial charge in [0.25, 0.3) is 5.91 Å². The fourth-order valence-corrected chi connectivity index (χ4v) is 1.87. The molecule has 0 radical (unpaired) electrons. The molecule has 7 heteroatoms. The summed E-state index contributed by atoms with van der Waals surface area (Å²) in [4.78, 5) is 27.2. The van der Waals surface area contributed by atoms with Gasteiger partial charge in [0.1, 0.15) is 5.52 Å². The summed E-state index contributed by atoms with van der Waals surface area (Å²) in [6.07, 6.45) is 3.11. The minimum Gasteiger partial charge on any atom is -0.436 e. The third-order valence-electron chi connectivity index (χ3n) is 2.68. The number of rotatable bonds is 2. The number of nitrogens with one attached hydrogen (secondary N) is 2. The van der Waals surface area contributed by atoms with Crippen LogP contribution in [0.15, 0.2) is 23.0 Å². The SMILES string of the molecule is Cc1nc(C)c(C(=O)Nc2ccnc3nc[nH]c23)o1. The van der Waals surface area contributed by atoms with E-state index in [0.717, 1.165) is 0 Å². The highest BCUT2D eigenvalue weighted by molar-refractivity contribution is 6.06. The molecule has 3 aromatic rings. The van der Waals surface area contributed by atoms with Crippen LogP contribution < -0.4 is 5.32 Å². The van der Waals surface area contributed by atoms with E-state index in [9.17, 15) is 4.79 Å². The van der Waals surface area contributed by atoms with E-state index in [4.69, 9.17) is 4.42 Å². The molecule has 7 nitrogen and oxygen atoms in total. The predicted octanol–water partition coefficient (Wildman–Crippen LogP) is 1.82. The van der Waals surface area contributed by atoms with Crippen molar-refractivity contribution in [2.45, 2.75) is 13.8 Å². The molecule has 0 fully saturated rings. The van der Waals surface area contributed by atoms with Crippen LogP contribution in [0.1, 0.15) is 22.1 Å². The van der Waals surface area contributed by atoms with E-state index in [0.29, 0.717) is 28.4 Å². The molecular formula is C12H11N5O2. The monoisotopic (exact) mass is 257 g/mol. The molecule has 3 aromatic heterocycles. The lowest BCUT2D eigenvalue weighted by molar-refractivity contribution is 0.0994. The highest BCUT2D eigenvalue weighted by atomic mass is 16.4. The van der Waals surface area contributed by atoms with Crippen molar-refractivity contribution in [1.82, 2.24) is 19.9 Å². The van der Waals surface area contributed by atoms with E-state index in [1.54, 1.807) is 26.1 Å². The van der Waals surface area contributed by atoms with Crippen LogP contribution >= 0.6 is 0 Å². The number of carbonyl (C=O) groups is 1. The van der Waals surface area contributed by atoms with Crippen LogP contribution in [0.25, 0.3) is 11.2 Å². The molecule has 0 bridgehead atoms. The molecule has 96 valence electrons. The normalized spacial score (nSPS) is 10.8. The number of aromatic nitrogens is 4. The maximum atomic E-state index is 12.1. The third-order valence-corrected chi connectivity index (χ3v) is 2.68. The first-order valence-electron chi connectivity index (χ1n) is 5.68. The lowest BCUT2D eigenvalue weighted by Gasteiger charge is -2.03. The zero-order valence-electron chi connectivity index (χ0n) is 10.4. The average molecular weight is 257 g/mol. The second-order valence-corrected chi connectivity index (χ2v) is 4.06. The van der Waals surface area contributed by atoms with Gasteiger partial charge < -0.3 is 14.7 Å². The molecule has 1 amide bonds. The molecular weight excluding hydrogens is 246 g/mol. The van der Waals surface area contributed by atoms with E-state index in [1.807, 2.05) is 0 Å². The lowest BCUT2D eigenvalue weighted by atomic mass is 10.3. The number of imidazole rings is 1. The van der Waals surface area contributed by atoms with Crippen LogP contribution in [-0.4, -0.2) is 25.8 Å². The first-order valence-corrected chi connectivity index (χ1v) is 5.68. The third kappa shape index (κ3) is 1.95. The molecule has 0 aliphatic carbocycles. The highest BCUT2D eigenvalue weighted by Gasteiger charge is 2.17. The van der Waals surface area contributed by atoms with Crippen molar-refractivity contribution in [3.05, 3.63) is 35.9 Å². The van der Waals surface area contributed by atoms with Crippen LogP contribution in [0.4, 0.5) is 5.69 Å². The Morgan fingerprint density at radius 1 is 1.37 bits per heavy atom. The summed E-state index contributed by atoms with van der Waals surface area (Å²) >= 11 is 0. The maximum absolute atomic E-state index is 12.1. The van der Waals surface area contributed by atoms with E-state index in [-0.39, 0.29) is 11.7 Å².